The first-order chi connectivity index (χ1) is 12.6. The van der Waals surface area contributed by atoms with Crippen LogP contribution in [0, 0.1) is 6.92 Å². The Labute approximate surface area is 152 Å². The Balaban J connectivity index is 1.85. The van der Waals surface area contributed by atoms with Crippen LogP contribution in [0.1, 0.15) is 18.2 Å². The van der Waals surface area contributed by atoms with E-state index in [-0.39, 0.29) is 0 Å². The first-order valence-corrected chi connectivity index (χ1v) is 8.34. The van der Waals surface area contributed by atoms with Crippen LogP contribution in [0.15, 0.2) is 54.7 Å². The van der Waals surface area contributed by atoms with Gasteiger partial charge in [-0.25, -0.2) is 9.48 Å². The third-order valence-corrected chi connectivity index (χ3v) is 3.85. The number of amides is 2. The Bertz CT molecular complexity index is 889. The van der Waals surface area contributed by atoms with E-state index in [0.29, 0.717) is 18.9 Å². The predicted octanol–water partition coefficient (Wildman–Crippen LogP) is 3.33. The van der Waals surface area contributed by atoms with E-state index >= 15 is 0 Å². The molecule has 3 rings (SSSR count). The number of ether oxygens (including phenoxy) is 1. The molecule has 2 N–H and O–H groups in total. The van der Waals surface area contributed by atoms with Gasteiger partial charge >= 0.3 is 6.03 Å². The van der Waals surface area contributed by atoms with Crippen molar-refractivity contribution in [1.82, 2.24) is 15.0 Å². The number of primary amides is 1. The molecule has 3 aromatic rings. The van der Waals surface area contributed by atoms with Gasteiger partial charge in [-0.3, -0.25) is 4.90 Å². The summed E-state index contributed by atoms with van der Waals surface area (Å²) in [6.07, 6.45) is 1.82. The lowest BCUT2D eigenvalue weighted by molar-refractivity contribution is 0.131. The van der Waals surface area contributed by atoms with Crippen LogP contribution in [-0.4, -0.2) is 27.6 Å². The van der Waals surface area contributed by atoms with Crippen molar-refractivity contribution in [3.63, 3.8) is 0 Å². The van der Waals surface area contributed by atoms with Crippen molar-refractivity contribution in [2.75, 3.05) is 11.5 Å². The smallest absolute Gasteiger partial charge is 0.323 e. The normalized spacial score (nSPS) is 10.7. The molecule has 1 aromatic heterocycles. The van der Waals surface area contributed by atoms with E-state index in [4.69, 9.17) is 10.5 Å². The molecule has 7 heteroatoms. The number of anilines is 2. The molecule has 0 bridgehead atoms. The predicted molar refractivity (Wildman–Crippen MR) is 99.6 cm³/mol. The molecule has 0 aliphatic heterocycles. The molecule has 0 radical (unpaired) electrons. The average molecular weight is 351 g/mol. The number of hydrogen-bond acceptors (Lipinski definition) is 4. The Kier molecular flexibility index (Phi) is 5.28. The minimum absolute atomic E-state index is 0.428. The van der Waals surface area contributed by atoms with Gasteiger partial charge in [0, 0.05) is 6.61 Å². The van der Waals surface area contributed by atoms with Gasteiger partial charge in [-0.2, -0.15) is 0 Å². The highest BCUT2D eigenvalue weighted by Gasteiger charge is 2.15. The quantitative estimate of drug-likeness (QED) is 0.738. The Morgan fingerprint density at radius 2 is 1.96 bits per heavy atom. The fraction of sp³-hybridized carbons (Fsp3) is 0.211. The van der Waals surface area contributed by atoms with E-state index in [1.54, 1.807) is 4.68 Å². The fourth-order valence-electron chi connectivity index (χ4n) is 2.62. The van der Waals surface area contributed by atoms with Gasteiger partial charge in [-0.1, -0.05) is 17.3 Å². The van der Waals surface area contributed by atoms with Crippen LogP contribution in [0.4, 0.5) is 16.2 Å². The monoisotopic (exact) mass is 351 g/mol. The molecule has 0 aliphatic rings. The molecule has 134 valence electrons. The van der Waals surface area contributed by atoms with E-state index < -0.39 is 6.03 Å². The number of nitrogens with zero attached hydrogens (tertiary/aromatic N) is 4. The van der Waals surface area contributed by atoms with E-state index in [9.17, 15) is 4.79 Å². The van der Waals surface area contributed by atoms with Crippen LogP contribution in [0.3, 0.4) is 0 Å². The minimum atomic E-state index is -0.539. The molecule has 0 aliphatic carbocycles. The van der Waals surface area contributed by atoms with Crippen LogP contribution in [0.25, 0.3) is 5.69 Å². The topological polar surface area (TPSA) is 86.3 Å². The minimum Gasteiger partial charge on any atom is -0.375 e. The number of carbonyl (C=O) groups excluding carboxylic acids is 1. The Morgan fingerprint density at radius 1 is 1.19 bits per heavy atom. The van der Waals surface area contributed by atoms with Crippen LogP contribution < -0.4 is 10.6 Å². The third-order valence-electron chi connectivity index (χ3n) is 3.85. The average Bonchev–Trinajstić information content (AvgIpc) is 3.09. The van der Waals surface area contributed by atoms with Gasteiger partial charge in [0.25, 0.3) is 0 Å². The number of rotatable bonds is 6. The van der Waals surface area contributed by atoms with Crippen LogP contribution in [0.5, 0.6) is 0 Å². The summed E-state index contributed by atoms with van der Waals surface area (Å²) in [4.78, 5) is 13.4. The van der Waals surface area contributed by atoms with E-state index in [1.165, 1.54) is 4.90 Å². The lowest BCUT2D eigenvalue weighted by atomic mass is 10.2. The summed E-state index contributed by atoms with van der Waals surface area (Å²) in [5.41, 5.74) is 9.64. The summed E-state index contributed by atoms with van der Waals surface area (Å²) in [5.74, 6) is 0. The molecule has 0 spiro atoms. The Morgan fingerprint density at radius 3 is 2.62 bits per heavy atom. The summed E-state index contributed by atoms with van der Waals surface area (Å²) >= 11 is 0. The molecule has 26 heavy (non-hydrogen) atoms. The SMILES string of the molecule is CCOCc1cn(-c2ccc(N(C(N)=O)c3cccc(C)c3)cc2)nn1. The molecule has 0 unspecified atom stereocenters. The first-order valence-electron chi connectivity index (χ1n) is 8.34. The maximum absolute atomic E-state index is 12.0. The zero-order chi connectivity index (χ0) is 18.5. The van der Waals surface area contributed by atoms with Gasteiger partial charge < -0.3 is 10.5 Å². The van der Waals surface area contributed by atoms with E-state index in [1.807, 2.05) is 68.6 Å². The molecular weight excluding hydrogens is 330 g/mol. The molecule has 0 saturated carbocycles. The highest BCUT2D eigenvalue weighted by molar-refractivity contribution is 5.98. The van der Waals surface area contributed by atoms with Gasteiger partial charge in [0.05, 0.1) is 29.9 Å². The van der Waals surface area contributed by atoms with Crippen LogP contribution >= 0.6 is 0 Å². The first kappa shape index (κ1) is 17.6. The van der Waals surface area contributed by atoms with Crippen molar-refractivity contribution in [3.8, 4) is 5.69 Å². The summed E-state index contributed by atoms with van der Waals surface area (Å²) < 4.78 is 7.00. The zero-order valence-corrected chi connectivity index (χ0v) is 14.8. The zero-order valence-electron chi connectivity index (χ0n) is 14.8. The van der Waals surface area contributed by atoms with Crippen molar-refractivity contribution >= 4 is 17.4 Å². The second-order valence-corrected chi connectivity index (χ2v) is 5.82. The molecule has 2 aromatic carbocycles. The highest BCUT2D eigenvalue weighted by atomic mass is 16.5. The summed E-state index contributed by atoms with van der Waals surface area (Å²) in [5, 5.41) is 8.18. The standard InChI is InChI=1S/C19H21N5O2/c1-3-26-13-15-12-23(22-21-15)16-7-9-17(10-8-16)24(19(20)25)18-6-4-5-14(2)11-18/h4-12H,3,13H2,1-2H3,(H2,20,25). The summed E-state index contributed by atoms with van der Waals surface area (Å²) in [7, 11) is 0. The molecule has 2 amide bonds. The van der Waals surface area contributed by atoms with Gasteiger partial charge in [-0.05, 0) is 55.8 Å². The number of benzene rings is 2. The molecule has 1 heterocycles. The molecule has 7 nitrogen and oxygen atoms in total. The number of aromatic nitrogens is 3. The number of nitrogens with two attached hydrogens (primary N) is 1. The van der Waals surface area contributed by atoms with Crippen LogP contribution in [0.2, 0.25) is 0 Å². The van der Waals surface area contributed by atoms with Crippen molar-refractivity contribution in [1.29, 1.82) is 0 Å². The maximum atomic E-state index is 12.0. The van der Waals surface area contributed by atoms with Crippen molar-refractivity contribution < 1.29 is 9.53 Å². The number of carbonyl (C=O) groups is 1. The second kappa shape index (κ2) is 7.79. The maximum Gasteiger partial charge on any atom is 0.323 e. The number of hydrogen-bond donors (Lipinski definition) is 1. The van der Waals surface area contributed by atoms with Gasteiger partial charge in [0.1, 0.15) is 5.69 Å². The van der Waals surface area contributed by atoms with Gasteiger partial charge in [0.2, 0.25) is 0 Å². The summed E-state index contributed by atoms with van der Waals surface area (Å²) in [6.45, 7) is 4.96. The summed E-state index contributed by atoms with van der Waals surface area (Å²) in [6, 6.07) is 14.5. The molecule has 0 atom stereocenters. The highest BCUT2D eigenvalue weighted by Crippen LogP contribution is 2.26. The van der Waals surface area contributed by atoms with E-state index in [0.717, 1.165) is 22.6 Å². The molecule has 0 saturated heterocycles. The second-order valence-electron chi connectivity index (χ2n) is 5.82. The fourth-order valence-corrected chi connectivity index (χ4v) is 2.62. The van der Waals surface area contributed by atoms with E-state index in [2.05, 4.69) is 10.3 Å². The number of urea groups is 1. The van der Waals surface area contributed by atoms with Crippen LogP contribution in [-0.2, 0) is 11.3 Å². The van der Waals surface area contributed by atoms with Crippen molar-refractivity contribution in [2.24, 2.45) is 5.73 Å². The lowest BCUT2D eigenvalue weighted by Crippen LogP contribution is -2.31. The molecule has 0 fully saturated rings. The molecular formula is C19H21N5O2. The third kappa shape index (κ3) is 3.89. The van der Waals surface area contributed by atoms with Gasteiger partial charge in [0.15, 0.2) is 0 Å². The van der Waals surface area contributed by atoms with Crippen molar-refractivity contribution in [3.05, 3.63) is 66.0 Å². The Hall–Kier alpha value is -3.19. The largest absolute Gasteiger partial charge is 0.375 e. The van der Waals surface area contributed by atoms with Gasteiger partial charge in [-0.15, -0.1) is 5.10 Å². The number of aryl methyl sites for hydroxylation is 1. The van der Waals surface area contributed by atoms with Crippen molar-refractivity contribution in [2.45, 2.75) is 20.5 Å². The lowest BCUT2D eigenvalue weighted by Gasteiger charge is -2.21.